The van der Waals surface area contributed by atoms with Crippen LogP contribution < -0.4 is 4.74 Å². The molecule has 128 valence electrons. The first-order chi connectivity index (χ1) is 12.1. The third-order valence-corrected chi connectivity index (χ3v) is 4.25. The summed E-state index contributed by atoms with van der Waals surface area (Å²) in [5.41, 5.74) is 1.53. The number of aromatic nitrogens is 3. The number of carbonyl (C=O) groups is 1. The highest BCUT2D eigenvalue weighted by Crippen LogP contribution is 2.29. The van der Waals surface area contributed by atoms with Gasteiger partial charge < -0.3 is 9.64 Å². The summed E-state index contributed by atoms with van der Waals surface area (Å²) < 4.78 is 7.18. The van der Waals surface area contributed by atoms with E-state index in [1.54, 1.807) is 60.7 Å². The maximum atomic E-state index is 12.9. The molecule has 0 fully saturated rings. The third-order valence-electron chi connectivity index (χ3n) is 4.25. The summed E-state index contributed by atoms with van der Waals surface area (Å²) in [6, 6.07) is 11.1. The van der Waals surface area contributed by atoms with Crippen LogP contribution in [0.4, 0.5) is 0 Å². The Hall–Kier alpha value is -3.15. The van der Waals surface area contributed by atoms with Gasteiger partial charge in [-0.1, -0.05) is 18.2 Å². The van der Waals surface area contributed by atoms with Crippen molar-refractivity contribution in [2.24, 2.45) is 0 Å². The number of benzene rings is 1. The van der Waals surface area contributed by atoms with Crippen molar-refractivity contribution in [3.63, 3.8) is 0 Å². The molecule has 0 saturated heterocycles. The first-order valence-electron chi connectivity index (χ1n) is 7.96. The summed E-state index contributed by atoms with van der Waals surface area (Å²) in [6.45, 7) is 1.98. The van der Waals surface area contributed by atoms with Crippen LogP contribution in [0, 0.1) is 0 Å². The molecule has 0 spiro atoms. The van der Waals surface area contributed by atoms with Gasteiger partial charge in [-0.25, -0.2) is 9.97 Å². The Morgan fingerprint density at radius 2 is 2.04 bits per heavy atom. The second kappa shape index (κ2) is 7.17. The quantitative estimate of drug-likeness (QED) is 0.718. The van der Waals surface area contributed by atoms with E-state index in [0.29, 0.717) is 11.4 Å². The molecule has 1 amide bonds. The van der Waals surface area contributed by atoms with Gasteiger partial charge >= 0.3 is 0 Å². The number of rotatable bonds is 5. The molecule has 6 heteroatoms. The molecule has 1 aromatic carbocycles. The molecule has 6 nitrogen and oxygen atoms in total. The lowest BCUT2D eigenvalue weighted by atomic mass is 10.1. The zero-order chi connectivity index (χ0) is 17.8. The summed E-state index contributed by atoms with van der Waals surface area (Å²) in [5.74, 6) is 1.34. The molecule has 2 aromatic heterocycles. The number of ether oxygens (including phenoxy) is 1. The van der Waals surface area contributed by atoms with Gasteiger partial charge in [0, 0.05) is 36.8 Å². The monoisotopic (exact) mass is 336 g/mol. The highest BCUT2D eigenvalue weighted by atomic mass is 16.5. The molecule has 25 heavy (non-hydrogen) atoms. The third kappa shape index (κ3) is 3.38. The van der Waals surface area contributed by atoms with Crippen molar-refractivity contribution < 1.29 is 9.53 Å². The molecular weight excluding hydrogens is 316 g/mol. The van der Waals surface area contributed by atoms with E-state index < -0.39 is 0 Å². The van der Waals surface area contributed by atoms with Crippen molar-refractivity contribution in [2.75, 3.05) is 14.2 Å². The summed E-state index contributed by atoms with van der Waals surface area (Å²) in [7, 11) is 3.42. The highest BCUT2D eigenvalue weighted by Gasteiger charge is 2.21. The number of carbonyl (C=O) groups excluding carboxylic acids is 1. The summed E-state index contributed by atoms with van der Waals surface area (Å²) in [6.07, 6.45) is 6.74. The number of imidazole rings is 1. The van der Waals surface area contributed by atoms with Crippen molar-refractivity contribution in [3.05, 3.63) is 72.4 Å². The van der Waals surface area contributed by atoms with Crippen LogP contribution in [-0.4, -0.2) is 39.5 Å². The molecular formula is C19H20N4O2. The molecule has 0 saturated carbocycles. The fourth-order valence-electron chi connectivity index (χ4n) is 2.69. The van der Waals surface area contributed by atoms with Gasteiger partial charge in [0.25, 0.3) is 5.91 Å². The number of amides is 1. The Morgan fingerprint density at radius 1 is 1.24 bits per heavy atom. The number of hydrogen-bond acceptors (Lipinski definition) is 4. The average Bonchev–Trinajstić information content (AvgIpc) is 3.21. The molecule has 0 N–H and O–H groups in total. The molecule has 2 heterocycles. The van der Waals surface area contributed by atoms with Gasteiger partial charge in [-0.3, -0.25) is 9.36 Å². The normalized spacial score (nSPS) is 11.8. The van der Waals surface area contributed by atoms with Gasteiger partial charge in [-0.05, 0) is 25.1 Å². The smallest absolute Gasteiger partial charge is 0.254 e. The lowest BCUT2D eigenvalue weighted by molar-refractivity contribution is 0.0741. The lowest BCUT2D eigenvalue weighted by Crippen LogP contribution is -2.30. The van der Waals surface area contributed by atoms with Crippen molar-refractivity contribution >= 4 is 5.91 Å². The molecule has 0 aliphatic carbocycles. The molecule has 1 atom stereocenters. The maximum Gasteiger partial charge on any atom is 0.254 e. The van der Waals surface area contributed by atoms with Gasteiger partial charge in [0.15, 0.2) is 0 Å². The van der Waals surface area contributed by atoms with E-state index in [1.807, 2.05) is 31.2 Å². The second-order valence-corrected chi connectivity index (χ2v) is 5.71. The Bertz CT molecular complexity index is 861. The zero-order valence-corrected chi connectivity index (χ0v) is 14.5. The van der Waals surface area contributed by atoms with E-state index in [0.717, 1.165) is 11.3 Å². The molecule has 3 aromatic rings. The lowest BCUT2D eigenvalue weighted by Gasteiger charge is -2.26. The standard InChI is InChI=1S/C19H20N4O2/c1-14(16-6-4-5-7-17(16)25-3)22(2)19(24)15-8-9-21-18(12-15)23-11-10-20-13-23/h4-14H,1-3H3. The topological polar surface area (TPSA) is 60.2 Å². The zero-order valence-electron chi connectivity index (χ0n) is 14.5. The van der Waals surface area contributed by atoms with Crippen LogP contribution in [0.1, 0.15) is 28.9 Å². The van der Waals surface area contributed by atoms with Gasteiger partial charge in [0.2, 0.25) is 0 Å². The summed E-state index contributed by atoms with van der Waals surface area (Å²) in [5, 5.41) is 0. The Labute approximate surface area is 146 Å². The van der Waals surface area contributed by atoms with Crippen LogP contribution in [0.25, 0.3) is 5.82 Å². The van der Waals surface area contributed by atoms with Crippen molar-refractivity contribution in [2.45, 2.75) is 13.0 Å². The van der Waals surface area contributed by atoms with E-state index in [1.165, 1.54) is 0 Å². The minimum absolute atomic E-state index is 0.0813. The van der Waals surface area contributed by atoms with E-state index in [9.17, 15) is 4.79 Å². The molecule has 0 aliphatic heterocycles. The SMILES string of the molecule is COc1ccccc1C(C)N(C)C(=O)c1ccnc(-n2ccnc2)c1. The number of nitrogens with zero attached hydrogens (tertiary/aromatic N) is 4. The molecule has 3 rings (SSSR count). The molecule has 1 unspecified atom stereocenters. The van der Waals surface area contributed by atoms with E-state index in [4.69, 9.17) is 4.74 Å². The maximum absolute atomic E-state index is 12.9. The van der Waals surface area contributed by atoms with Crippen molar-refractivity contribution in [1.29, 1.82) is 0 Å². The first-order valence-corrected chi connectivity index (χ1v) is 7.96. The van der Waals surface area contributed by atoms with Gasteiger partial charge in [0.1, 0.15) is 17.9 Å². The average molecular weight is 336 g/mol. The second-order valence-electron chi connectivity index (χ2n) is 5.71. The predicted molar refractivity (Wildman–Crippen MR) is 94.9 cm³/mol. The van der Waals surface area contributed by atoms with E-state index >= 15 is 0 Å². The summed E-state index contributed by atoms with van der Waals surface area (Å²) >= 11 is 0. The molecule has 0 bridgehead atoms. The van der Waals surface area contributed by atoms with Crippen LogP contribution >= 0.6 is 0 Å². The predicted octanol–water partition coefficient (Wildman–Crippen LogP) is 3.11. The molecule has 0 radical (unpaired) electrons. The van der Waals surface area contributed by atoms with Crippen LogP contribution in [0.3, 0.4) is 0 Å². The minimum Gasteiger partial charge on any atom is -0.496 e. The van der Waals surface area contributed by atoms with Gasteiger partial charge in [-0.15, -0.1) is 0 Å². The van der Waals surface area contributed by atoms with Gasteiger partial charge in [0.05, 0.1) is 13.2 Å². The van der Waals surface area contributed by atoms with Crippen LogP contribution in [0.15, 0.2) is 61.3 Å². The van der Waals surface area contributed by atoms with Crippen LogP contribution in [-0.2, 0) is 0 Å². The van der Waals surface area contributed by atoms with Crippen LogP contribution in [0.5, 0.6) is 5.75 Å². The van der Waals surface area contributed by atoms with Gasteiger partial charge in [-0.2, -0.15) is 0 Å². The Morgan fingerprint density at radius 3 is 2.76 bits per heavy atom. The fourth-order valence-corrected chi connectivity index (χ4v) is 2.69. The number of hydrogen-bond donors (Lipinski definition) is 0. The number of pyridine rings is 1. The Balaban J connectivity index is 1.86. The van der Waals surface area contributed by atoms with E-state index in [2.05, 4.69) is 9.97 Å². The summed E-state index contributed by atoms with van der Waals surface area (Å²) in [4.78, 5) is 22.9. The highest BCUT2D eigenvalue weighted by molar-refractivity contribution is 5.94. The fraction of sp³-hybridized carbons (Fsp3) is 0.211. The van der Waals surface area contributed by atoms with E-state index in [-0.39, 0.29) is 11.9 Å². The van der Waals surface area contributed by atoms with Crippen molar-refractivity contribution in [3.8, 4) is 11.6 Å². The largest absolute Gasteiger partial charge is 0.496 e. The molecule has 0 aliphatic rings. The van der Waals surface area contributed by atoms with Crippen molar-refractivity contribution in [1.82, 2.24) is 19.4 Å². The number of methoxy groups -OCH3 is 1. The van der Waals surface area contributed by atoms with Crippen LogP contribution in [0.2, 0.25) is 0 Å². The minimum atomic E-state index is -0.131. The first kappa shape index (κ1) is 16.7. The number of para-hydroxylation sites is 1. The Kier molecular flexibility index (Phi) is 4.79.